The molecule has 0 fully saturated rings. The summed E-state index contributed by atoms with van der Waals surface area (Å²) in [6, 6.07) is 6.46. The third-order valence-electron chi connectivity index (χ3n) is 2.42. The van der Waals surface area contributed by atoms with Gasteiger partial charge >= 0.3 is 12.1 Å². The molecule has 0 aliphatic heterocycles. The molecule has 3 nitrogen and oxygen atoms in total. The van der Waals surface area contributed by atoms with E-state index in [1.807, 2.05) is 0 Å². The lowest BCUT2D eigenvalue weighted by atomic mass is 10.1. The molecule has 1 aromatic carbocycles. The van der Waals surface area contributed by atoms with E-state index in [0.29, 0.717) is 5.39 Å². The largest absolute Gasteiger partial charge is 0.464 e. The maximum Gasteiger partial charge on any atom is 0.418 e. The maximum absolute atomic E-state index is 12.8. The molecule has 2 rings (SSSR count). The first-order chi connectivity index (χ1) is 8.43. The van der Waals surface area contributed by atoms with Crippen LogP contribution in [0.2, 0.25) is 0 Å². The SMILES string of the molecule is COC(=O)c1ccc2cccc(C(F)(F)F)c2n1. The van der Waals surface area contributed by atoms with Crippen LogP contribution in [0.1, 0.15) is 16.1 Å². The smallest absolute Gasteiger partial charge is 0.418 e. The summed E-state index contributed by atoms with van der Waals surface area (Å²) in [4.78, 5) is 15.0. The zero-order valence-electron chi connectivity index (χ0n) is 9.28. The first-order valence-corrected chi connectivity index (χ1v) is 4.99. The Morgan fingerprint density at radius 1 is 1.22 bits per heavy atom. The number of halogens is 3. The average Bonchev–Trinajstić information content (AvgIpc) is 2.35. The molecule has 94 valence electrons. The van der Waals surface area contributed by atoms with Gasteiger partial charge in [0, 0.05) is 5.39 Å². The van der Waals surface area contributed by atoms with Crippen molar-refractivity contribution in [3.05, 3.63) is 41.6 Å². The molecule has 6 heteroatoms. The predicted octanol–water partition coefficient (Wildman–Crippen LogP) is 3.04. The number of carbonyl (C=O) groups is 1. The standard InChI is InChI=1S/C12H8F3NO2/c1-18-11(17)9-6-5-7-3-2-4-8(10(7)16-9)12(13,14)15/h2-6H,1H3. The van der Waals surface area contributed by atoms with E-state index in [1.54, 1.807) is 0 Å². The summed E-state index contributed by atoms with van der Waals surface area (Å²) in [5.41, 5.74) is -1.28. The zero-order valence-corrected chi connectivity index (χ0v) is 9.28. The van der Waals surface area contributed by atoms with Crippen molar-refractivity contribution in [1.82, 2.24) is 4.98 Å². The van der Waals surface area contributed by atoms with Crippen molar-refractivity contribution in [1.29, 1.82) is 0 Å². The minimum Gasteiger partial charge on any atom is -0.464 e. The number of alkyl halides is 3. The van der Waals surface area contributed by atoms with Crippen LogP contribution in [0.25, 0.3) is 10.9 Å². The van der Waals surface area contributed by atoms with E-state index >= 15 is 0 Å². The number of methoxy groups -OCH3 is 1. The number of hydrogen-bond donors (Lipinski definition) is 0. The molecule has 0 atom stereocenters. The Balaban J connectivity index is 2.70. The Bertz CT molecular complexity index is 608. The monoisotopic (exact) mass is 255 g/mol. The first-order valence-electron chi connectivity index (χ1n) is 4.99. The van der Waals surface area contributed by atoms with Gasteiger partial charge in [0.2, 0.25) is 0 Å². The van der Waals surface area contributed by atoms with E-state index in [1.165, 1.54) is 24.3 Å². The van der Waals surface area contributed by atoms with Gasteiger partial charge in [0.1, 0.15) is 5.69 Å². The predicted molar refractivity (Wildman–Crippen MR) is 58.1 cm³/mol. The maximum atomic E-state index is 12.8. The van der Waals surface area contributed by atoms with Gasteiger partial charge in [0.15, 0.2) is 0 Å². The Morgan fingerprint density at radius 3 is 2.56 bits per heavy atom. The van der Waals surface area contributed by atoms with Crippen LogP contribution >= 0.6 is 0 Å². The van der Waals surface area contributed by atoms with Gasteiger partial charge in [-0.25, -0.2) is 9.78 Å². The highest BCUT2D eigenvalue weighted by Crippen LogP contribution is 2.33. The van der Waals surface area contributed by atoms with Gasteiger partial charge in [-0.05, 0) is 12.1 Å². The molecule has 0 bridgehead atoms. The number of benzene rings is 1. The Morgan fingerprint density at radius 2 is 1.94 bits per heavy atom. The van der Waals surface area contributed by atoms with Gasteiger partial charge in [0.25, 0.3) is 0 Å². The van der Waals surface area contributed by atoms with E-state index in [9.17, 15) is 18.0 Å². The van der Waals surface area contributed by atoms with Crippen molar-refractivity contribution in [2.75, 3.05) is 7.11 Å². The van der Waals surface area contributed by atoms with Crippen LogP contribution in [0.15, 0.2) is 30.3 Å². The molecule has 1 aromatic heterocycles. The number of para-hydroxylation sites is 1. The van der Waals surface area contributed by atoms with Crippen molar-refractivity contribution in [3.8, 4) is 0 Å². The summed E-state index contributed by atoms with van der Waals surface area (Å²) in [5, 5.41) is 0.317. The third kappa shape index (κ3) is 2.13. The van der Waals surface area contributed by atoms with Gasteiger partial charge in [-0.15, -0.1) is 0 Å². The number of fused-ring (bicyclic) bond motifs is 1. The topological polar surface area (TPSA) is 39.2 Å². The van der Waals surface area contributed by atoms with Crippen LogP contribution < -0.4 is 0 Å². The number of ether oxygens (including phenoxy) is 1. The zero-order chi connectivity index (χ0) is 13.3. The summed E-state index contributed by atoms with van der Waals surface area (Å²) in [7, 11) is 1.14. The number of nitrogens with zero attached hydrogens (tertiary/aromatic N) is 1. The number of esters is 1. The quantitative estimate of drug-likeness (QED) is 0.735. The lowest BCUT2D eigenvalue weighted by Crippen LogP contribution is -2.09. The first kappa shape index (κ1) is 12.3. The highest BCUT2D eigenvalue weighted by molar-refractivity contribution is 5.91. The number of hydrogen-bond acceptors (Lipinski definition) is 3. The summed E-state index contributed by atoms with van der Waals surface area (Å²) >= 11 is 0. The number of pyridine rings is 1. The third-order valence-corrected chi connectivity index (χ3v) is 2.42. The van der Waals surface area contributed by atoms with Crippen molar-refractivity contribution in [2.24, 2.45) is 0 Å². The van der Waals surface area contributed by atoms with Crippen LogP contribution in [0.3, 0.4) is 0 Å². The van der Waals surface area contributed by atoms with E-state index < -0.39 is 17.7 Å². The van der Waals surface area contributed by atoms with Crippen molar-refractivity contribution >= 4 is 16.9 Å². The Labute approximate surface area is 100 Å². The molecule has 0 N–H and O–H groups in total. The molecule has 0 amide bonds. The van der Waals surface area contributed by atoms with Crippen LogP contribution in [0, 0.1) is 0 Å². The van der Waals surface area contributed by atoms with Crippen LogP contribution in [-0.2, 0) is 10.9 Å². The average molecular weight is 255 g/mol. The fraction of sp³-hybridized carbons (Fsp3) is 0.167. The lowest BCUT2D eigenvalue weighted by molar-refractivity contribution is -0.136. The van der Waals surface area contributed by atoms with Gasteiger partial charge < -0.3 is 4.74 Å². The molecule has 0 saturated carbocycles. The van der Waals surface area contributed by atoms with Crippen LogP contribution in [0.5, 0.6) is 0 Å². The lowest BCUT2D eigenvalue weighted by Gasteiger charge is -2.10. The van der Waals surface area contributed by atoms with Gasteiger partial charge in [-0.3, -0.25) is 0 Å². The molecule has 0 aliphatic carbocycles. The van der Waals surface area contributed by atoms with Crippen LogP contribution in [-0.4, -0.2) is 18.1 Å². The molecule has 0 unspecified atom stereocenters. The second-order valence-corrected chi connectivity index (χ2v) is 3.56. The minimum absolute atomic E-state index is 0.151. The van der Waals surface area contributed by atoms with Gasteiger partial charge in [-0.2, -0.15) is 13.2 Å². The number of carbonyl (C=O) groups excluding carboxylic acids is 1. The van der Waals surface area contributed by atoms with Crippen molar-refractivity contribution in [3.63, 3.8) is 0 Å². The summed E-state index contributed by atoms with van der Waals surface area (Å²) in [6.45, 7) is 0. The van der Waals surface area contributed by atoms with E-state index in [0.717, 1.165) is 13.2 Å². The molecular weight excluding hydrogens is 247 g/mol. The fourth-order valence-corrected chi connectivity index (χ4v) is 1.59. The minimum atomic E-state index is -4.51. The van der Waals surface area contributed by atoms with E-state index in [-0.39, 0.29) is 11.2 Å². The highest BCUT2D eigenvalue weighted by atomic mass is 19.4. The Kier molecular flexibility index (Phi) is 2.94. The Hall–Kier alpha value is -2.11. The molecule has 0 spiro atoms. The van der Waals surface area contributed by atoms with E-state index in [4.69, 9.17) is 0 Å². The number of aromatic nitrogens is 1. The molecule has 0 aliphatic rings. The molecule has 0 radical (unpaired) electrons. The molecule has 1 heterocycles. The molecular formula is C12H8F3NO2. The summed E-state index contributed by atoms with van der Waals surface area (Å²) in [6.07, 6.45) is -4.51. The van der Waals surface area contributed by atoms with Gasteiger partial charge in [0.05, 0.1) is 18.2 Å². The van der Waals surface area contributed by atoms with Crippen molar-refractivity contribution in [2.45, 2.75) is 6.18 Å². The molecule has 2 aromatic rings. The second kappa shape index (κ2) is 4.29. The normalized spacial score (nSPS) is 11.6. The summed E-state index contributed by atoms with van der Waals surface area (Å²) < 4.78 is 42.8. The van der Waals surface area contributed by atoms with E-state index in [2.05, 4.69) is 9.72 Å². The summed E-state index contributed by atoms with van der Waals surface area (Å²) in [5.74, 6) is -0.770. The van der Waals surface area contributed by atoms with Crippen molar-refractivity contribution < 1.29 is 22.7 Å². The van der Waals surface area contributed by atoms with Gasteiger partial charge in [-0.1, -0.05) is 18.2 Å². The molecule has 0 saturated heterocycles. The fourth-order valence-electron chi connectivity index (χ4n) is 1.59. The molecule has 18 heavy (non-hydrogen) atoms. The van der Waals surface area contributed by atoms with Crippen LogP contribution in [0.4, 0.5) is 13.2 Å². The number of rotatable bonds is 1. The highest BCUT2D eigenvalue weighted by Gasteiger charge is 2.33. The second-order valence-electron chi connectivity index (χ2n) is 3.56.